The summed E-state index contributed by atoms with van der Waals surface area (Å²) >= 11 is 1.47. The van der Waals surface area contributed by atoms with E-state index in [4.69, 9.17) is 14.2 Å². The van der Waals surface area contributed by atoms with Crippen molar-refractivity contribution in [1.82, 2.24) is 0 Å². The molecule has 0 N–H and O–H groups in total. The second-order valence-electron chi connectivity index (χ2n) is 4.85. The first kappa shape index (κ1) is 16.3. The Morgan fingerprint density at radius 3 is 2.71 bits per heavy atom. The van der Waals surface area contributed by atoms with E-state index in [1.807, 2.05) is 49.6 Å². The Morgan fingerprint density at radius 2 is 2.00 bits per heavy atom. The molecule has 0 fully saturated rings. The van der Waals surface area contributed by atoms with Crippen LogP contribution in [0.2, 0.25) is 0 Å². The highest BCUT2D eigenvalue weighted by Crippen LogP contribution is 2.34. The summed E-state index contributed by atoms with van der Waals surface area (Å²) in [5.74, 6) is 1.10. The first-order chi connectivity index (χ1) is 11.7. The fourth-order valence-electron chi connectivity index (χ4n) is 2.28. The summed E-state index contributed by atoms with van der Waals surface area (Å²) in [6.07, 6.45) is 1.66. The predicted octanol–water partition coefficient (Wildman–Crippen LogP) is 3.89. The van der Waals surface area contributed by atoms with E-state index >= 15 is 0 Å². The molecule has 24 heavy (non-hydrogen) atoms. The van der Waals surface area contributed by atoms with Crippen molar-refractivity contribution in [3.05, 3.63) is 51.8 Å². The molecule has 0 unspecified atom stereocenters. The van der Waals surface area contributed by atoms with Gasteiger partial charge in [0.05, 0.1) is 18.1 Å². The van der Waals surface area contributed by atoms with Gasteiger partial charge in [-0.1, -0.05) is 18.2 Å². The molecule has 0 bridgehead atoms. The van der Waals surface area contributed by atoms with E-state index in [9.17, 15) is 4.79 Å². The highest BCUT2D eigenvalue weighted by molar-refractivity contribution is 7.12. The monoisotopic (exact) mass is 343 g/mol. The highest BCUT2D eigenvalue weighted by Gasteiger charge is 2.25. The van der Waals surface area contributed by atoms with Crippen molar-refractivity contribution >= 4 is 29.3 Å². The molecule has 0 aliphatic carbocycles. The lowest BCUT2D eigenvalue weighted by Crippen LogP contribution is -2.04. The van der Waals surface area contributed by atoms with Gasteiger partial charge in [-0.15, -0.1) is 11.3 Å². The molecule has 0 amide bonds. The Hall–Kier alpha value is -2.60. The molecule has 0 radical (unpaired) electrons. The summed E-state index contributed by atoms with van der Waals surface area (Å²) in [6.45, 7) is 4.83. The van der Waals surface area contributed by atoms with Crippen molar-refractivity contribution in [3.63, 3.8) is 0 Å². The van der Waals surface area contributed by atoms with E-state index in [0.29, 0.717) is 30.6 Å². The average molecular weight is 343 g/mol. The first-order valence-electron chi connectivity index (χ1n) is 7.68. The molecule has 6 heteroatoms. The van der Waals surface area contributed by atoms with Crippen LogP contribution in [-0.2, 0) is 9.53 Å². The minimum absolute atomic E-state index is 0.244. The summed E-state index contributed by atoms with van der Waals surface area (Å²) < 4.78 is 16.5. The molecule has 5 nitrogen and oxygen atoms in total. The van der Waals surface area contributed by atoms with Gasteiger partial charge in [-0.05, 0) is 37.4 Å². The zero-order valence-corrected chi connectivity index (χ0v) is 14.3. The fraction of sp³-hybridized carbons (Fsp3) is 0.222. The Labute approximate surface area is 144 Å². The van der Waals surface area contributed by atoms with Crippen LogP contribution in [0.25, 0.3) is 6.08 Å². The highest BCUT2D eigenvalue weighted by atomic mass is 32.1. The third-order valence-electron chi connectivity index (χ3n) is 3.24. The maximum atomic E-state index is 12.1. The summed E-state index contributed by atoms with van der Waals surface area (Å²) in [5.41, 5.74) is 0.971. The van der Waals surface area contributed by atoms with Gasteiger partial charge in [0.25, 0.3) is 0 Å². The Balaban J connectivity index is 1.98. The maximum Gasteiger partial charge on any atom is 0.363 e. The lowest BCUT2D eigenvalue weighted by atomic mass is 10.1. The average Bonchev–Trinajstić information content (AvgIpc) is 3.21. The number of thiophene rings is 1. The van der Waals surface area contributed by atoms with E-state index < -0.39 is 5.97 Å². The van der Waals surface area contributed by atoms with Crippen LogP contribution in [0.5, 0.6) is 11.5 Å². The molecular weight excluding hydrogens is 326 g/mol. The molecule has 0 saturated heterocycles. The Kier molecular flexibility index (Phi) is 4.96. The van der Waals surface area contributed by atoms with Crippen molar-refractivity contribution in [1.29, 1.82) is 0 Å². The second kappa shape index (κ2) is 7.31. The van der Waals surface area contributed by atoms with E-state index in [1.165, 1.54) is 11.3 Å². The van der Waals surface area contributed by atoms with Crippen molar-refractivity contribution in [2.45, 2.75) is 13.8 Å². The molecule has 0 atom stereocenters. The topological polar surface area (TPSA) is 57.1 Å². The Morgan fingerprint density at radius 1 is 1.17 bits per heavy atom. The standard InChI is InChI=1S/C18H17NO4S/c1-3-21-14-8-5-7-12(16(14)22-4-2)11-13-18(20)23-17(19-13)15-9-6-10-24-15/h5-11H,3-4H2,1-2H3/b13-11+. The summed E-state index contributed by atoms with van der Waals surface area (Å²) in [6, 6.07) is 9.29. The van der Waals surface area contributed by atoms with Gasteiger partial charge in [0.2, 0.25) is 5.90 Å². The number of nitrogens with zero attached hydrogens (tertiary/aromatic N) is 1. The first-order valence-corrected chi connectivity index (χ1v) is 8.56. The number of ether oxygens (including phenoxy) is 3. The van der Waals surface area contributed by atoms with Gasteiger partial charge in [0.1, 0.15) is 0 Å². The van der Waals surface area contributed by atoms with Crippen LogP contribution in [-0.4, -0.2) is 25.1 Å². The number of carbonyl (C=O) groups excluding carboxylic acids is 1. The third-order valence-corrected chi connectivity index (χ3v) is 4.10. The van der Waals surface area contributed by atoms with Gasteiger partial charge in [-0.3, -0.25) is 0 Å². The SMILES string of the molecule is CCOc1cccc(/C=C2/N=C(c3cccs3)OC2=O)c1OCC. The van der Waals surface area contributed by atoms with Crippen LogP contribution in [0.4, 0.5) is 0 Å². The zero-order chi connectivity index (χ0) is 16.9. The molecule has 2 heterocycles. The molecule has 0 spiro atoms. The fourth-order valence-corrected chi connectivity index (χ4v) is 2.93. The lowest BCUT2D eigenvalue weighted by molar-refractivity contribution is -0.129. The molecule has 124 valence electrons. The van der Waals surface area contributed by atoms with Gasteiger partial charge in [-0.2, -0.15) is 0 Å². The van der Waals surface area contributed by atoms with Crippen molar-refractivity contribution in [3.8, 4) is 11.5 Å². The normalized spacial score (nSPS) is 15.3. The lowest BCUT2D eigenvalue weighted by Gasteiger charge is -2.13. The molecular formula is C18H17NO4S. The van der Waals surface area contributed by atoms with Gasteiger partial charge < -0.3 is 14.2 Å². The number of rotatable bonds is 6. The number of cyclic esters (lactones) is 1. The summed E-state index contributed by atoms with van der Waals surface area (Å²) in [5, 5.41) is 1.91. The summed E-state index contributed by atoms with van der Waals surface area (Å²) in [4.78, 5) is 17.2. The molecule has 1 aliphatic heterocycles. The van der Waals surface area contributed by atoms with E-state index in [-0.39, 0.29) is 5.70 Å². The van der Waals surface area contributed by atoms with E-state index in [0.717, 1.165) is 10.4 Å². The largest absolute Gasteiger partial charge is 0.490 e. The van der Waals surface area contributed by atoms with Crippen molar-refractivity contribution in [2.75, 3.05) is 13.2 Å². The van der Waals surface area contributed by atoms with Crippen LogP contribution in [0, 0.1) is 0 Å². The van der Waals surface area contributed by atoms with Crippen LogP contribution >= 0.6 is 11.3 Å². The number of esters is 1. The maximum absolute atomic E-state index is 12.1. The molecule has 2 aromatic rings. The number of carbonyl (C=O) groups is 1. The minimum atomic E-state index is -0.470. The van der Waals surface area contributed by atoms with Crippen molar-refractivity contribution in [2.24, 2.45) is 4.99 Å². The number of para-hydroxylation sites is 1. The minimum Gasteiger partial charge on any atom is -0.490 e. The van der Waals surface area contributed by atoms with Crippen LogP contribution < -0.4 is 9.47 Å². The van der Waals surface area contributed by atoms with Gasteiger partial charge in [0.15, 0.2) is 17.2 Å². The second-order valence-corrected chi connectivity index (χ2v) is 5.80. The third kappa shape index (κ3) is 3.33. The van der Waals surface area contributed by atoms with E-state index in [1.54, 1.807) is 6.08 Å². The summed E-state index contributed by atoms with van der Waals surface area (Å²) in [7, 11) is 0. The molecule has 1 aromatic carbocycles. The molecule has 3 rings (SSSR count). The van der Waals surface area contributed by atoms with Crippen LogP contribution in [0.15, 0.2) is 46.4 Å². The number of hydrogen-bond acceptors (Lipinski definition) is 6. The molecule has 1 aromatic heterocycles. The molecule has 1 aliphatic rings. The predicted molar refractivity (Wildman–Crippen MR) is 93.7 cm³/mol. The van der Waals surface area contributed by atoms with Crippen LogP contribution in [0.1, 0.15) is 24.3 Å². The molecule has 0 saturated carbocycles. The van der Waals surface area contributed by atoms with Gasteiger partial charge in [0, 0.05) is 5.56 Å². The Bertz CT molecular complexity index is 793. The smallest absolute Gasteiger partial charge is 0.363 e. The quantitative estimate of drug-likeness (QED) is 0.590. The van der Waals surface area contributed by atoms with E-state index in [2.05, 4.69) is 4.99 Å². The zero-order valence-electron chi connectivity index (χ0n) is 13.4. The van der Waals surface area contributed by atoms with Crippen LogP contribution in [0.3, 0.4) is 0 Å². The number of aliphatic imine (C=N–C) groups is 1. The van der Waals surface area contributed by atoms with Crippen molar-refractivity contribution < 1.29 is 19.0 Å². The number of benzene rings is 1. The van der Waals surface area contributed by atoms with Gasteiger partial charge >= 0.3 is 5.97 Å². The van der Waals surface area contributed by atoms with Gasteiger partial charge in [-0.25, -0.2) is 9.79 Å². The number of hydrogen-bond donors (Lipinski definition) is 0.